The summed E-state index contributed by atoms with van der Waals surface area (Å²) >= 11 is 5.53. The van der Waals surface area contributed by atoms with Crippen molar-refractivity contribution in [3.8, 4) is 11.8 Å². The molecule has 2 aromatic rings. The first kappa shape index (κ1) is 26.1. The standard InChI is InChI=1S/C24H23ClF3N5O2/c25-18(14-29)13-22(30)35-21-6-4-19(5-7-21)31-23(34)32-20-11-16(10-17(12-20)24(26,27)28)15-33-8-2-1-3-9-33/h4-7,10-13,30H,1-3,8-9,15H2,(H2,31,32,34)/b18-13+,30-22?. The number of piperidine rings is 1. The van der Waals surface area contributed by atoms with Gasteiger partial charge in [0.05, 0.1) is 5.56 Å². The number of amides is 2. The lowest BCUT2D eigenvalue weighted by Crippen LogP contribution is -2.29. The van der Waals surface area contributed by atoms with Crippen molar-refractivity contribution in [1.82, 2.24) is 4.90 Å². The van der Waals surface area contributed by atoms with Crippen molar-refractivity contribution in [1.29, 1.82) is 10.7 Å². The molecule has 0 unspecified atom stereocenters. The lowest BCUT2D eigenvalue weighted by Gasteiger charge is -2.27. The molecule has 1 fully saturated rings. The number of hydrogen-bond donors (Lipinski definition) is 3. The number of nitrogens with zero attached hydrogens (tertiary/aromatic N) is 2. The highest BCUT2D eigenvalue weighted by Crippen LogP contribution is 2.32. The maximum Gasteiger partial charge on any atom is 0.416 e. The van der Waals surface area contributed by atoms with Gasteiger partial charge in [-0.3, -0.25) is 10.3 Å². The van der Waals surface area contributed by atoms with Gasteiger partial charge in [-0.2, -0.15) is 18.4 Å². The Balaban J connectivity index is 1.65. The molecule has 0 spiro atoms. The van der Waals surface area contributed by atoms with E-state index >= 15 is 0 Å². The van der Waals surface area contributed by atoms with Crippen LogP contribution in [0.4, 0.5) is 29.3 Å². The molecule has 3 N–H and O–H groups in total. The minimum atomic E-state index is -4.54. The molecule has 1 heterocycles. The number of halogens is 4. The van der Waals surface area contributed by atoms with E-state index in [1.54, 1.807) is 12.1 Å². The van der Waals surface area contributed by atoms with Gasteiger partial charge in [0, 0.05) is 24.0 Å². The average molecular weight is 506 g/mol. The van der Waals surface area contributed by atoms with Crippen LogP contribution in [-0.2, 0) is 12.7 Å². The summed E-state index contributed by atoms with van der Waals surface area (Å²) in [6.07, 6.45) is -0.353. The van der Waals surface area contributed by atoms with E-state index in [1.165, 1.54) is 24.3 Å². The number of benzene rings is 2. The van der Waals surface area contributed by atoms with Gasteiger partial charge in [-0.25, -0.2) is 4.79 Å². The molecule has 0 atom stereocenters. The number of alkyl halides is 3. The molecule has 35 heavy (non-hydrogen) atoms. The second-order valence-corrected chi connectivity index (χ2v) is 8.33. The number of carbonyl (C=O) groups is 1. The Kier molecular flexibility index (Phi) is 8.73. The van der Waals surface area contributed by atoms with E-state index in [0.717, 1.165) is 50.6 Å². The number of urea groups is 1. The minimum absolute atomic E-state index is 0.0406. The van der Waals surface area contributed by atoms with Gasteiger partial charge in [0.1, 0.15) is 16.9 Å². The van der Waals surface area contributed by atoms with Crippen molar-refractivity contribution in [3.05, 3.63) is 64.7 Å². The zero-order valence-electron chi connectivity index (χ0n) is 18.6. The number of likely N-dealkylation sites (tertiary alicyclic amines) is 1. The normalized spacial score (nSPS) is 14.7. The average Bonchev–Trinajstić information content (AvgIpc) is 2.80. The largest absolute Gasteiger partial charge is 0.440 e. The number of anilines is 2. The molecular weight excluding hydrogens is 483 g/mol. The molecule has 0 aromatic heterocycles. The van der Waals surface area contributed by atoms with Crippen molar-refractivity contribution in [2.45, 2.75) is 32.0 Å². The molecule has 1 aliphatic heterocycles. The first-order valence-electron chi connectivity index (χ1n) is 10.8. The van der Waals surface area contributed by atoms with Gasteiger partial charge in [0.25, 0.3) is 0 Å². The first-order chi connectivity index (χ1) is 16.6. The van der Waals surface area contributed by atoms with Gasteiger partial charge in [-0.1, -0.05) is 18.0 Å². The maximum absolute atomic E-state index is 13.4. The summed E-state index contributed by atoms with van der Waals surface area (Å²) in [5.74, 6) is -0.0836. The number of carbonyl (C=O) groups excluding carboxylic acids is 1. The smallest absolute Gasteiger partial charge is 0.416 e. The number of hydrogen-bond acceptors (Lipinski definition) is 5. The Bertz CT molecular complexity index is 1140. The predicted octanol–water partition coefficient (Wildman–Crippen LogP) is 6.34. The maximum atomic E-state index is 13.4. The van der Waals surface area contributed by atoms with Crippen molar-refractivity contribution >= 4 is 34.9 Å². The zero-order valence-corrected chi connectivity index (χ0v) is 19.3. The summed E-state index contributed by atoms with van der Waals surface area (Å²) < 4.78 is 45.5. The number of nitrogens with one attached hydrogen (secondary N) is 3. The lowest BCUT2D eigenvalue weighted by atomic mass is 10.1. The third-order valence-corrected chi connectivity index (χ3v) is 5.33. The van der Waals surface area contributed by atoms with Gasteiger partial charge in [-0.15, -0.1) is 0 Å². The highest BCUT2D eigenvalue weighted by Gasteiger charge is 2.31. The minimum Gasteiger partial charge on any atom is -0.440 e. The van der Waals surface area contributed by atoms with E-state index in [1.807, 2.05) is 0 Å². The van der Waals surface area contributed by atoms with Gasteiger partial charge >= 0.3 is 12.2 Å². The zero-order chi connectivity index (χ0) is 25.4. The SMILES string of the molecule is N#C/C(Cl)=C\C(=N)Oc1ccc(NC(=O)Nc2cc(CN3CCCCC3)cc(C(F)(F)F)c2)cc1. The summed E-state index contributed by atoms with van der Waals surface area (Å²) in [5, 5.41) is 21.0. The molecule has 0 aliphatic carbocycles. The summed E-state index contributed by atoms with van der Waals surface area (Å²) in [7, 11) is 0. The highest BCUT2D eigenvalue weighted by molar-refractivity contribution is 6.33. The fourth-order valence-electron chi connectivity index (χ4n) is 3.60. The van der Waals surface area contributed by atoms with E-state index in [-0.39, 0.29) is 22.4 Å². The Morgan fingerprint density at radius 1 is 1.11 bits per heavy atom. The van der Waals surface area contributed by atoms with Crippen molar-refractivity contribution in [2.75, 3.05) is 23.7 Å². The van der Waals surface area contributed by atoms with Crippen LogP contribution in [-0.4, -0.2) is 29.9 Å². The van der Waals surface area contributed by atoms with Crippen LogP contribution in [0, 0.1) is 16.7 Å². The van der Waals surface area contributed by atoms with Crippen molar-refractivity contribution in [2.24, 2.45) is 0 Å². The van der Waals surface area contributed by atoms with Gasteiger partial charge < -0.3 is 15.4 Å². The fraction of sp³-hybridized carbons (Fsp3) is 0.292. The molecule has 184 valence electrons. The summed E-state index contributed by atoms with van der Waals surface area (Å²) in [5.41, 5.74) is 0.0507. The fourth-order valence-corrected chi connectivity index (χ4v) is 3.70. The van der Waals surface area contributed by atoms with E-state index < -0.39 is 17.8 Å². The van der Waals surface area contributed by atoms with E-state index in [2.05, 4.69) is 15.5 Å². The van der Waals surface area contributed by atoms with Gasteiger partial charge in [-0.05, 0) is 74.0 Å². The van der Waals surface area contributed by atoms with Gasteiger partial charge in [0.15, 0.2) is 0 Å². The Morgan fingerprint density at radius 3 is 2.40 bits per heavy atom. The molecule has 0 saturated carbocycles. The molecule has 3 rings (SSSR count). The number of nitriles is 1. The molecule has 11 heteroatoms. The monoisotopic (exact) mass is 505 g/mol. The highest BCUT2D eigenvalue weighted by atomic mass is 35.5. The summed E-state index contributed by atoms with van der Waals surface area (Å²) in [6.45, 7) is 2.05. The van der Waals surface area contributed by atoms with Crippen molar-refractivity contribution < 1.29 is 22.7 Å². The van der Waals surface area contributed by atoms with E-state index in [0.29, 0.717) is 17.8 Å². The Morgan fingerprint density at radius 2 is 1.77 bits per heavy atom. The Labute approximate surface area is 205 Å². The molecular formula is C24H23ClF3N5O2. The van der Waals surface area contributed by atoms with Crippen LogP contribution in [0.15, 0.2) is 53.6 Å². The van der Waals surface area contributed by atoms with E-state index in [9.17, 15) is 18.0 Å². The number of allylic oxidation sites excluding steroid dienone is 1. The summed E-state index contributed by atoms with van der Waals surface area (Å²) in [6, 6.07) is 10.4. The molecule has 7 nitrogen and oxygen atoms in total. The van der Waals surface area contributed by atoms with Crippen LogP contribution in [0.1, 0.15) is 30.4 Å². The van der Waals surface area contributed by atoms with Crippen LogP contribution in [0.3, 0.4) is 0 Å². The summed E-state index contributed by atoms with van der Waals surface area (Å²) in [4.78, 5) is 14.5. The van der Waals surface area contributed by atoms with Crippen LogP contribution < -0.4 is 15.4 Å². The number of rotatable bonds is 6. The van der Waals surface area contributed by atoms with Crippen LogP contribution in [0.25, 0.3) is 0 Å². The van der Waals surface area contributed by atoms with Gasteiger partial charge in [0.2, 0.25) is 5.90 Å². The quantitative estimate of drug-likeness (QED) is 0.242. The third kappa shape index (κ3) is 8.31. The third-order valence-electron chi connectivity index (χ3n) is 5.14. The lowest BCUT2D eigenvalue weighted by molar-refractivity contribution is -0.137. The molecule has 1 saturated heterocycles. The second kappa shape index (κ2) is 11.7. The van der Waals surface area contributed by atoms with Crippen molar-refractivity contribution in [3.63, 3.8) is 0 Å². The molecule has 1 aliphatic rings. The molecule has 2 aromatic carbocycles. The van der Waals surface area contributed by atoms with Crippen LogP contribution in [0.2, 0.25) is 0 Å². The second-order valence-electron chi connectivity index (χ2n) is 7.93. The Hall–Kier alpha value is -3.55. The molecule has 0 bridgehead atoms. The predicted molar refractivity (Wildman–Crippen MR) is 128 cm³/mol. The van der Waals surface area contributed by atoms with Crippen LogP contribution in [0.5, 0.6) is 5.75 Å². The topological polar surface area (TPSA) is 101 Å². The molecule has 2 amide bonds. The van der Waals surface area contributed by atoms with Crippen LogP contribution >= 0.6 is 11.6 Å². The number of ether oxygens (including phenoxy) is 1. The first-order valence-corrected chi connectivity index (χ1v) is 11.2. The molecule has 0 radical (unpaired) electrons. The van der Waals surface area contributed by atoms with E-state index in [4.69, 9.17) is 27.0 Å².